The Labute approximate surface area is 190 Å². The van der Waals surface area contributed by atoms with Gasteiger partial charge in [-0.3, -0.25) is 0 Å². The van der Waals surface area contributed by atoms with Crippen LogP contribution in [-0.4, -0.2) is 43.2 Å². The lowest BCUT2D eigenvalue weighted by Gasteiger charge is -2.31. The predicted octanol–water partition coefficient (Wildman–Crippen LogP) is 3.50. The molecule has 1 N–H and O–H groups in total. The summed E-state index contributed by atoms with van der Waals surface area (Å²) in [6, 6.07) is 1.02. The van der Waals surface area contributed by atoms with E-state index in [1.807, 2.05) is 0 Å². The van der Waals surface area contributed by atoms with E-state index in [-0.39, 0.29) is 4.31 Å². The number of pyridine rings is 1. The van der Waals surface area contributed by atoms with Crippen molar-refractivity contribution in [2.45, 2.75) is 30.2 Å². The smallest absolute Gasteiger partial charge is 0.306 e. The van der Waals surface area contributed by atoms with Crippen molar-refractivity contribution < 1.29 is 43.2 Å². The lowest BCUT2D eigenvalue weighted by Crippen LogP contribution is -2.49. The van der Waals surface area contributed by atoms with Crippen molar-refractivity contribution in [1.82, 2.24) is 17.8 Å². The van der Waals surface area contributed by atoms with E-state index in [1.165, 1.54) is 27.0 Å². The van der Waals surface area contributed by atoms with Gasteiger partial charge in [-0.15, -0.1) is 0 Å². The number of alkyl halides is 6. The van der Waals surface area contributed by atoms with Gasteiger partial charge in [0.05, 0.1) is 10.5 Å². The maximum Gasteiger partial charge on any atom is 0.416 e. The molecule has 16 heteroatoms. The molecule has 3 rings (SSSR count). The summed E-state index contributed by atoms with van der Waals surface area (Å²) in [5, 5.41) is 0. The third kappa shape index (κ3) is 5.34. The van der Waals surface area contributed by atoms with Gasteiger partial charge in [-0.05, 0) is 29.8 Å². The van der Waals surface area contributed by atoms with Crippen molar-refractivity contribution in [3.8, 4) is 0 Å². The number of halogens is 6. The van der Waals surface area contributed by atoms with Gasteiger partial charge in [-0.2, -0.15) is 39.1 Å². The molecule has 0 aliphatic carbocycles. The normalized spacial score (nSPS) is 14.6. The molecule has 0 spiro atoms. The maximum absolute atomic E-state index is 13.9. The van der Waals surface area contributed by atoms with E-state index in [4.69, 9.17) is 0 Å². The molecule has 2 aromatic heterocycles. The van der Waals surface area contributed by atoms with Gasteiger partial charge in [0.25, 0.3) is 20.2 Å². The Hall–Kier alpha value is -2.69. The van der Waals surface area contributed by atoms with Gasteiger partial charge in [0.1, 0.15) is 11.7 Å². The Morgan fingerprint density at radius 3 is 2.15 bits per heavy atom. The monoisotopic (exact) mass is 530 g/mol. The van der Waals surface area contributed by atoms with Crippen LogP contribution < -0.4 is 4.13 Å². The van der Waals surface area contributed by atoms with Crippen LogP contribution in [0.3, 0.4) is 0 Å². The molecule has 0 amide bonds. The zero-order valence-corrected chi connectivity index (χ0v) is 18.7. The molecule has 0 unspecified atom stereocenters. The fraction of sp³-hybridized carbons (Fsp3) is 0.278. The molecule has 0 bridgehead atoms. The summed E-state index contributed by atoms with van der Waals surface area (Å²) >= 11 is 0. The molecule has 2 heterocycles. The molecule has 34 heavy (non-hydrogen) atoms. The summed E-state index contributed by atoms with van der Waals surface area (Å²) in [7, 11) is -10.2. The Morgan fingerprint density at radius 1 is 1.00 bits per heavy atom. The number of fused-ring (bicyclic) bond motifs is 1. The van der Waals surface area contributed by atoms with Gasteiger partial charge >= 0.3 is 12.4 Å². The van der Waals surface area contributed by atoms with Crippen molar-refractivity contribution in [2.75, 3.05) is 6.54 Å². The molecule has 0 aliphatic heterocycles. The number of sulfonamides is 1. The van der Waals surface area contributed by atoms with Crippen LogP contribution >= 0.6 is 0 Å². The first-order chi connectivity index (χ1) is 15.6. The topological polar surface area (TPSA) is 101 Å². The Kier molecular flexibility index (Phi) is 6.73. The fourth-order valence-electron chi connectivity index (χ4n) is 3.16. The second kappa shape index (κ2) is 8.83. The fourth-order valence-corrected chi connectivity index (χ4v) is 6.39. The number of aromatic nitrogens is 2. The first-order valence-electron chi connectivity index (χ1n) is 9.28. The largest absolute Gasteiger partial charge is 0.416 e. The average Bonchev–Trinajstić information content (AvgIpc) is 3.17. The number of hydrogen-bond donors (Lipinski definition) is 1. The molecule has 1 atom stereocenters. The second-order valence-corrected chi connectivity index (χ2v) is 10.5. The van der Waals surface area contributed by atoms with Crippen LogP contribution in [0, 0.1) is 0 Å². The van der Waals surface area contributed by atoms with Crippen LogP contribution in [0.1, 0.15) is 24.1 Å². The molecule has 186 valence electrons. The number of imidazole rings is 1. The minimum absolute atomic E-state index is 0.192. The third-order valence-corrected chi connectivity index (χ3v) is 8.33. The standard InChI is InChI=1S/C18H16F6N4O4S2/c1-2-28(16(18(22,23)24)12-3-5-13(6-4-12)17(19,20)21)34(31,32)26-33(29,30)14-7-8-15-25-9-10-27(15)11-14/h3-11,16,26H,2H2,1H3/t16-/m1/s1. The summed E-state index contributed by atoms with van der Waals surface area (Å²) in [5.74, 6) is 0. The molecule has 0 aliphatic rings. The Bertz CT molecular complexity index is 1380. The SMILES string of the molecule is CCN([C@H](c1ccc(C(F)(F)F)cc1)C(F)(F)F)S(=O)(=O)NS(=O)(=O)c1ccc2nccn2c1. The zero-order valence-electron chi connectivity index (χ0n) is 17.0. The van der Waals surface area contributed by atoms with E-state index in [2.05, 4.69) is 4.98 Å². The van der Waals surface area contributed by atoms with Gasteiger partial charge in [0.2, 0.25) is 0 Å². The highest BCUT2D eigenvalue weighted by Gasteiger charge is 2.49. The second-order valence-electron chi connectivity index (χ2n) is 6.92. The van der Waals surface area contributed by atoms with Gasteiger partial charge in [0.15, 0.2) is 0 Å². The molecule has 3 aromatic rings. The minimum Gasteiger partial charge on any atom is -0.306 e. The highest BCUT2D eigenvalue weighted by atomic mass is 32.3. The molecule has 0 fully saturated rings. The van der Waals surface area contributed by atoms with Crippen molar-refractivity contribution in [3.05, 3.63) is 66.1 Å². The number of nitrogens with one attached hydrogen (secondary N) is 1. The number of benzene rings is 1. The van der Waals surface area contributed by atoms with E-state index >= 15 is 0 Å². The predicted molar refractivity (Wildman–Crippen MR) is 107 cm³/mol. The van der Waals surface area contributed by atoms with Gasteiger partial charge in [-0.25, -0.2) is 13.4 Å². The summed E-state index contributed by atoms with van der Waals surface area (Å²) in [6.07, 6.45) is -6.40. The quantitative estimate of drug-likeness (QED) is 0.472. The van der Waals surface area contributed by atoms with Crippen LogP contribution in [0.15, 0.2) is 59.9 Å². The Morgan fingerprint density at radius 2 is 1.62 bits per heavy atom. The van der Waals surface area contributed by atoms with E-state index < -0.39 is 61.2 Å². The summed E-state index contributed by atoms with van der Waals surface area (Å²) in [6.45, 7) is 0.169. The van der Waals surface area contributed by atoms with Crippen molar-refractivity contribution >= 4 is 25.9 Å². The van der Waals surface area contributed by atoms with Crippen molar-refractivity contribution in [2.24, 2.45) is 0 Å². The summed E-state index contributed by atoms with van der Waals surface area (Å²) < 4.78 is 133. The first kappa shape index (κ1) is 25.9. The van der Waals surface area contributed by atoms with E-state index in [1.54, 1.807) is 0 Å². The highest BCUT2D eigenvalue weighted by Crippen LogP contribution is 2.40. The third-order valence-electron chi connectivity index (χ3n) is 4.66. The van der Waals surface area contributed by atoms with Crippen LogP contribution in [0.25, 0.3) is 5.65 Å². The first-order valence-corrected chi connectivity index (χ1v) is 12.2. The minimum atomic E-state index is -5.36. The highest BCUT2D eigenvalue weighted by molar-refractivity contribution is 8.03. The number of hydrogen-bond acceptors (Lipinski definition) is 5. The maximum atomic E-state index is 13.9. The van der Waals surface area contributed by atoms with Gasteiger partial charge < -0.3 is 4.40 Å². The number of nitrogens with zero attached hydrogens (tertiary/aromatic N) is 3. The van der Waals surface area contributed by atoms with Crippen LogP contribution in [0.2, 0.25) is 0 Å². The van der Waals surface area contributed by atoms with Gasteiger partial charge in [0, 0.05) is 25.1 Å². The van der Waals surface area contributed by atoms with E-state index in [0.29, 0.717) is 29.9 Å². The van der Waals surface area contributed by atoms with E-state index in [0.717, 1.165) is 19.2 Å². The molecular formula is C18H16F6N4O4S2. The van der Waals surface area contributed by atoms with Crippen LogP contribution in [-0.2, 0) is 26.4 Å². The van der Waals surface area contributed by atoms with Crippen molar-refractivity contribution in [1.29, 1.82) is 0 Å². The van der Waals surface area contributed by atoms with E-state index in [9.17, 15) is 43.2 Å². The lowest BCUT2D eigenvalue weighted by atomic mass is 10.0. The average molecular weight is 530 g/mol. The zero-order chi connectivity index (χ0) is 25.5. The van der Waals surface area contributed by atoms with Crippen molar-refractivity contribution in [3.63, 3.8) is 0 Å². The van der Waals surface area contributed by atoms with Crippen LogP contribution in [0.4, 0.5) is 26.3 Å². The molecule has 0 saturated heterocycles. The Balaban J connectivity index is 2.00. The summed E-state index contributed by atoms with van der Waals surface area (Å²) in [5.41, 5.74) is -1.74. The molecule has 1 aromatic carbocycles. The lowest BCUT2D eigenvalue weighted by molar-refractivity contribution is -0.173. The molecule has 8 nitrogen and oxygen atoms in total. The van der Waals surface area contributed by atoms with Gasteiger partial charge in [-0.1, -0.05) is 23.2 Å². The number of rotatable bonds is 7. The van der Waals surface area contributed by atoms with Crippen LogP contribution in [0.5, 0.6) is 0 Å². The molecular weight excluding hydrogens is 514 g/mol. The molecule has 0 radical (unpaired) electrons. The summed E-state index contributed by atoms with van der Waals surface area (Å²) in [4.78, 5) is 3.32. The molecule has 0 saturated carbocycles.